The summed E-state index contributed by atoms with van der Waals surface area (Å²) in [5, 5.41) is 3.05. The smallest absolute Gasteiger partial charge is 0.227 e. The summed E-state index contributed by atoms with van der Waals surface area (Å²) in [6.45, 7) is 10.5. The van der Waals surface area contributed by atoms with Crippen LogP contribution in [0.4, 0.5) is 11.4 Å². The normalized spacial score (nSPS) is 12.0. The molecule has 0 aromatic heterocycles. The molecule has 0 bridgehead atoms. The van der Waals surface area contributed by atoms with E-state index in [1.54, 1.807) is 0 Å². The maximum Gasteiger partial charge on any atom is 0.227 e. The second-order valence-corrected chi connectivity index (χ2v) is 5.46. The second kappa shape index (κ2) is 9.43. The van der Waals surface area contributed by atoms with Gasteiger partial charge in [-0.1, -0.05) is 26.7 Å². The lowest BCUT2D eigenvalue weighted by molar-refractivity contribution is -0.120. The molecule has 118 valence electrons. The Hall–Kier alpha value is -1.51. The topological polar surface area (TPSA) is 32.3 Å². The minimum Gasteiger partial charge on any atom is -0.372 e. The zero-order valence-corrected chi connectivity index (χ0v) is 14.0. The molecule has 3 heteroatoms. The Bertz CT molecular complexity index is 410. The first-order chi connectivity index (χ1) is 10.2. The van der Waals surface area contributed by atoms with Gasteiger partial charge < -0.3 is 10.2 Å². The number of unbranched alkanes of at least 4 members (excludes halogenated alkanes) is 1. The summed E-state index contributed by atoms with van der Waals surface area (Å²) in [4.78, 5) is 14.6. The average molecular weight is 290 g/mol. The molecule has 1 aromatic rings. The number of carbonyl (C=O) groups is 1. The zero-order valence-electron chi connectivity index (χ0n) is 14.0. The molecular weight excluding hydrogens is 260 g/mol. The van der Waals surface area contributed by atoms with Crippen molar-refractivity contribution in [3.63, 3.8) is 0 Å². The molecule has 0 heterocycles. The lowest BCUT2D eigenvalue weighted by Gasteiger charge is -2.21. The number of hydrogen-bond acceptors (Lipinski definition) is 2. The minimum atomic E-state index is 0.132. The maximum atomic E-state index is 12.3. The fraction of sp³-hybridized carbons (Fsp3) is 0.611. The first-order valence-electron chi connectivity index (χ1n) is 8.32. The van der Waals surface area contributed by atoms with E-state index in [0.717, 1.165) is 44.5 Å². The molecular formula is C18H30N2O. The van der Waals surface area contributed by atoms with Crippen LogP contribution in [0.25, 0.3) is 0 Å². The number of nitrogens with zero attached hydrogens (tertiary/aromatic N) is 1. The lowest BCUT2D eigenvalue weighted by Crippen LogP contribution is -2.23. The van der Waals surface area contributed by atoms with Crippen LogP contribution in [0.15, 0.2) is 24.3 Å². The van der Waals surface area contributed by atoms with Crippen LogP contribution >= 0.6 is 0 Å². The summed E-state index contributed by atoms with van der Waals surface area (Å²) in [5.74, 6) is 0.286. The van der Waals surface area contributed by atoms with Crippen molar-refractivity contribution in [3.05, 3.63) is 24.3 Å². The molecule has 1 aromatic carbocycles. The number of benzene rings is 1. The van der Waals surface area contributed by atoms with Gasteiger partial charge in [0, 0.05) is 30.4 Å². The monoisotopic (exact) mass is 290 g/mol. The minimum absolute atomic E-state index is 0.132. The van der Waals surface area contributed by atoms with E-state index in [9.17, 15) is 4.79 Å². The summed E-state index contributed by atoms with van der Waals surface area (Å²) in [6, 6.07) is 8.15. The fourth-order valence-electron chi connectivity index (χ4n) is 2.56. The third-order valence-corrected chi connectivity index (χ3v) is 4.03. The van der Waals surface area contributed by atoms with E-state index < -0.39 is 0 Å². The molecule has 1 atom stereocenters. The third kappa shape index (κ3) is 5.41. The van der Waals surface area contributed by atoms with E-state index in [2.05, 4.69) is 50.0 Å². The predicted octanol–water partition coefficient (Wildman–Crippen LogP) is 4.69. The van der Waals surface area contributed by atoms with Crippen molar-refractivity contribution in [2.45, 2.75) is 53.4 Å². The van der Waals surface area contributed by atoms with Crippen LogP contribution in [-0.4, -0.2) is 19.0 Å². The van der Waals surface area contributed by atoms with Gasteiger partial charge in [-0.3, -0.25) is 4.79 Å². The van der Waals surface area contributed by atoms with Crippen LogP contribution in [0.5, 0.6) is 0 Å². The SMILES string of the molecule is CCCCC(CC)C(=O)Nc1ccc(N(CC)CC)cc1. The van der Waals surface area contributed by atoms with Gasteiger partial charge in [-0.25, -0.2) is 0 Å². The second-order valence-electron chi connectivity index (χ2n) is 5.46. The fourth-order valence-corrected chi connectivity index (χ4v) is 2.56. The van der Waals surface area contributed by atoms with Crippen molar-refractivity contribution in [2.75, 3.05) is 23.3 Å². The Balaban J connectivity index is 2.64. The molecule has 0 aliphatic rings. The Kier molecular flexibility index (Phi) is 7.88. The molecule has 1 N–H and O–H groups in total. The van der Waals surface area contributed by atoms with Gasteiger partial charge in [0.05, 0.1) is 0 Å². The Labute approximate surface area is 129 Å². The van der Waals surface area contributed by atoms with Gasteiger partial charge >= 0.3 is 0 Å². The molecule has 0 spiro atoms. The molecule has 21 heavy (non-hydrogen) atoms. The number of carbonyl (C=O) groups excluding carboxylic acids is 1. The molecule has 0 fully saturated rings. The van der Waals surface area contributed by atoms with Crippen LogP contribution < -0.4 is 10.2 Å². The highest BCUT2D eigenvalue weighted by Crippen LogP contribution is 2.20. The highest BCUT2D eigenvalue weighted by molar-refractivity contribution is 5.92. The number of hydrogen-bond donors (Lipinski definition) is 1. The largest absolute Gasteiger partial charge is 0.372 e. The predicted molar refractivity (Wildman–Crippen MR) is 91.9 cm³/mol. The molecule has 1 unspecified atom stereocenters. The molecule has 3 nitrogen and oxygen atoms in total. The van der Waals surface area contributed by atoms with Gasteiger partial charge in [0.1, 0.15) is 0 Å². The van der Waals surface area contributed by atoms with E-state index in [4.69, 9.17) is 0 Å². The van der Waals surface area contributed by atoms with Crippen LogP contribution in [-0.2, 0) is 4.79 Å². The summed E-state index contributed by atoms with van der Waals surface area (Å²) in [5.41, 5.74) is 2.10. The quantitative estimate of drug-likeness (QED) is 0.715. The first-order valence-corrected chi connectivity index (χ1v) is 8.32. The van der Waals surface area contributed by atoms with Crippen molar-refractivity contribution in [1.29, 1.82) is 0 Å². The Morgan fingerprint density at radius 2 is 1.71 bits per heavy atom. The maximum absolute atomic E-state index is 12.3. The van der Waals surface area contributed by atoms with Crippen LogP contribution in [0.1, 0.15) is 53.4 Å². The van der Waals surface area contributed by atoms with Gasteiger partial charge in [0.15, 0.2) is 0 Å². The van der Waals surface area contributed by atoms with Gasteiger partial charge in [-0.15, -0.1) is 0 Å². The van der Waals surface area contributed by atoms with Crippen molar-refractivity contribution < 1.29 is 4.79 Å². The van der Waals surface area contributed by atoms with Crippen molar-refractivity contribution in [1.82, 2.24) is 0 Å². The molecule has 0 aliphatic heterocycles. The highest BCUT2D eigenvalue weighted by atomic mass is 16.1. The molecule has 0 saturated heterocycles. The molecule has 1 amide bonds. The average Bonchev–Trinajstić information content (AvgIpc) is 2.51. The van der Waals surface area contributed by atoms with E-state index in [-0.39, 0.29) is 11.8 Å². The van der Waals surface area contributed by atoms with E-state index in [0.29, 0.717) is 0 Å². The van der Waals surface area contributed by atoms with Crippen LogP contribution in [0.3, 0.4) is 0 Å². The molecule has 0 aliphatic carbocycles. The summed E-state index contributed by atoms with van der Waals surface area (Å²) >= 11 is 0. The molecule has 0 radical (unpaired) electrons. The van der Waals surface area contributed by atoms with Gasteiger partial charge in [0.2, 0.25) is 5.91 Å². The summed E-state index contributed by atoms with van der Waals surface area (Å²) in [6.07, 6.45) is 4.15. The zero-order chi connectivity index (χ0) is 15.7. The van der Waals surface area contributed by atoms with Gasteiger partial charge in [0.25, 0.3) is 0 Å². The molecule has 0 saturated carbocycles. The Morgan fingerprint density at radius 3 is 2.19 bits per heavy atom. The lowest BCUT2D eigenvalue weighted by atomic mass is 9.98. The van der Waals surface area contributed by atoms with Gasteiger partial charge in [-0.2, -0.15) is 0 Å². The van der Waals surface area contributed by atoms with Crippen molar-refractivity contribution in [2.24, 2.45) is 5.92 Å². The first kappa shape index (κ1) is 17.5. The third-order valence-electron chi connectivity index (χ3n) is 4.03. The standard InChI is InChI=1S/C18H30N2O/c1-5-9-10-15(6-2)18(21)19-16-11-13-17(14-12-16)20(7-3)8-4/h11-15H,5-10H2,1-4H3,(H,19,21). The highest BCUT2D eigenvalue weighted by Gasteiger charge is 2.15. The van der Waals surface area contributed by atoms with E-state index in [1.807, 2.05) is 12.1 Å². The van der Waals surface area contributed by atoms with Crippen LogP contribution in [0.2, 0.25) is 0 Å². The summed E-state index contributed by atoms with van der Waals surface area (Å²) < 4.78 is 0. The number of anilines is 2. The van der Waals surface area contributed by atoms with Crippen molar-refractivity contribution in [3.8, 4) is 0 Å². The Morgan fingerprint density at radius 1 is 1.10 bits per heavy atom. The van der Waals surface area contributed by atoms with Gasteiger partial charge in [-0.05, 0) is 51.0 Å². The summed E-state index contributed by atoms with van der Waals surface area (Å²) in [7, 11) is 0. The number of amides is 1. The molecule has 1 rings (SSSR count). The van der Waals surface area contributed by atoms with Crippen molar-refractivity contribution >= 4 is 17.3 Å². The number of nitrogens with one attached hydrogen (secondary N) is 1. The van der Waals surface area contributed by atoms with E-state index >= 15 is 0 Å². The van der Waals surface area contributed by atoms with E-state index in [1.165, 1.54) is 5.69 Å². The van der Waals surface area contributed by atoms with Crippen LogP contribution in [0, 0.1) is 5.92 Å². The number of rotatable bonds is 9.